The van der Waals surface area contributed by atoms with Gasteiger partial charge in [0.25, 0.3) is 0 Å². The number of carbonyl (C=O) groups excluding carboxylic acids is 1. The molecule has 1 aliphatic heterocycles. The number of aryl methyl sites for hydroxylation is 1. The van der Waals surface area contributed by atoms with Crippen LogP contribution < -0.4 is 5.32 Å². The molecule has 0 spiro atoms. The van der Waals surface area contributed by atoms with E-state index in [-0.39, 0.29) is 11.9 Å². The van der Waals surface area contributed by atoms with Gasteiger partial charge in [-0.05, 0) is 43.2 Å². The molecule has 1 saturated heterocycles. The molecule has 1 atom stereocenters. The van der Waals surface area contributed by atoms with Crippen LogP contribution in [0.15, 0.2) is 48.5 Å². The molecular formula is C22H22ClN3O. The molecule has 0 unspecified atom stereocenters. The summed E-state index contributed by atoms with van der Waals surface area (Å²) in [5.41, 5.74) is 5.18. The van der Waals surface area contributed by atoms with Crippen LogP contribution in [0, 0.1) is 6.92 Å². The van der Waals surface area contributed by atoms with E-state index in [1.165, 1.54) is 0 Å². The molecule has 138 valence electrons. The molecule has 0 radical (unpaired) electrons. The van der Waals surface area contributed by atoms with E-state index in [0.717, 1.165) is 39.8 Å². The third-order valence-corrected chi connectivity index (χ3v) is 5.46. The highest BCUT2D eigenvalue weighted by molar-refractivity contribution is 6.30. The number of para-hydroxylation sites is 1. The van der Waals surface area contributed by atoms with Gasteiger partial charge in [0.1, 0.15) is 0 Å². The number of carbonyl (C=O) groups is 1. The van der Waals surface area contributed by atoms with Gasteiger partial charge >= 0.3 is 0 Å². The Bertz CT molecular complexity index is 1020. The van der Waals surface area contributed by atoms with Crippen molar-refractivity contribution in [1.29, 1.82) is 0 Å². The summed E-state index contributed by atoms with van der Waals surface area (Å²) >= 11 is 6.24. The lowest BCUT2D eigenvalue weighted by Crippen LogP contribution is -2.53. The SMILES string of the molecule is Cc1cccc2cc(CN3CCNC(=O)[C@H]3C)c(-c3cccc(Cl)c3)nc12. The fourth-order valence-corrected chi connectivity index (χ4v) is 3.85. The lowest BCUT2D eigenvalue weighted by Gasteiger charge is -2.33. The molecule has 3 aromatic rings. The molecule has 2 heterocycles. The summed E-state index contributed by atoms with van der Waals surface area (Å²) in [7, 11) is 0. The summed E-state index contributed by atoms with van der Waals surface area (Å²) < 4.78 is 0. The second-order valence-corrected chi connectivity index (χ2v) is 7.53. The van der Waals surface area contributed by atoms with E-state index in [1.54, 1.807) is 0 Å². The summed E-state index contributed by atoms with van der Waals surface area (Å²) in [6, 6.07) is 16.1. The molecule has 1 aromatic heterocycles. The molecule has 0 saturated carbocycles. The molecule has 1 fully saturated rings. The number of hydrogen-bond donors (Lipinski definition) is 1. The Kier molecular flexibility index (Phi) is 4.85. The van der Waals surface area contributed by atoms with Crippen LogP contribution in [-0.2, 0) is 11.3 Å². The van der Waals surface area contributed by atoms with Crippen LogP contribution >= 0.6 is 11.6 Å². The Morgan fingerprint density at radius 3 is 2.85 bits per heavy atom. The smallest absolute Gasteiger partial charge is 0.237 e. The summed E-state index contributed by atoms with van der Waals surface area (Å²) in [6.45, 7) is 6.21. The third kappa shape index (κ3) is 3.55. The van der Waals surface area contributed by atoms with Crippen molar-refractivity contribution < 1.29 is 4.79 Å². The van der Waals surface area contributed by atoms with Crippen LogP contribution in [-0.4, -0.2) is 34.9 Å². The predicted molar refractivity (Wildman–Crippen MR) is 110 cm³/mol. The zero-order valence-electron chi connectivity index (χ0n) is 15.5. The molecule has 0 aliphatic carbocycles. The van der Waals surface area contributed by atoms with Crippen LogP contribution in [0.3, 0.4) is 0 Å². The van der Waals surface area contributed by atoms with Gasteiger partial charge in [0, 0.05) is 35.6 Å². The van der Waals surface area contributed by atoms with Gasteiger partial charge in [-0.15, -0.1) is 0 Å². The van der Waals surface area contributed by atoms with Crippen molar-refractivity contribution in [3.8, 4) is 11.3 Å². The number of amides is 1. The lowest BCUT2D eigenvalue weighted by molar-refractivity contribution is -0.128. The van der Waals surface area contributed by atoms with Gasteiger partial charge < -0.3 is 5.32 Å². The monoisotopic (exact) mass is 379 g/mol. The molecule has 4 rings (SSSR count). The van der Waals surface area contributed by atoms with Crippen LogP contribution in [0.5, 0.6) is 0 Å². The maximum Gasteiger partial charge on any atom is 0.237 e. The Morgan fingerprint density at radius 1 is 1.22 bits per heavy atom. The topological polar surface area (TPSA) is 45.2 Å². The average Bonchev–Trinajstić information content (AvgIpc) is 2.65. The molecule has 5 heteroatoms. The quantitative estimate of drug-likeness (QED) is 0.742. The number of rotatable bonds is 3. The highest BCUT2D eigenvalue weighted by atomic mass is 35.5. The Hall–Kier alpha value is -2.43. The van der Waals surface area contributed by atoms with Crippen LogP contribution in [0.1, 0.15) is 18.1 Å². The van der Waals surface area contributed by atoms with Crippen LogP contribution in [0.25, 0.3) is 22.2 Å². The van der Waals surface area contributed by atoms with Crippen molar-refractivity contribution in [3.05, 3.63) is 64.7 Å². The third-order valence-electron chi connectivity index (χ3n) is 5.22. The standard InChI is InChI=1S/C22H22ClN3O/c1-14-5-3-6-16-11-18(13-26-10-9-24-22(27)15(26)2)21(25-20(14)16)17-7-4-8-19(23)12-17/h3-8,11-12,15H,9-10,13H2,1-2H3,(H,24,27)/t15-/m1/s1. The van der Waals surface area contributed by atoms with Gasteiger partial charge in [-0.3, -0.25) is 9.69 Å². The Balaban J connectivity index is 1.84. The molecule has 1 aliphatic rings. The molecule has 0 bridgehead atoms. The number of fused-ring (bicyclic) bond motifs is 1. The predicted octanol–water partition coefficient (Wildman–Crippen LogP) is 4.18. The zero-order chi connectivity index (χ0) is 19.0. The van der Waals surface area contributed by atoms with Gasteiger partial charge in [0.05, 0.1) is 17.3 Å². The van der Waals surface area contributed by atoms with Crippen molar-refractivity contribution in [2.45, 2.75) is 26.4 Å². The minimum Gasteiger partial charge on any atom is -0.353 e. The minimum atomic E-state index is -0.154. The Labute approximate surface area is 164 Å². The summed E-state index contributed by atoms with van der Waals surface area (Å²) in [5.74, 6) is 0.0788. The van der Waals surface area contributed by atoms with E-state index in [9.17, 15) is 4.79 Å². The van der Waals surface area contributed by atoms with Gasteiger partial charge in [0.15, 0.2) is 0 Å². The number of pyridine rings is 1. The first-order valence-electron chi connectivity index (χ1n) is 9.20. The number of hydrogen-bond acceptors (Lipinski definition) is 3. The normalized spacial score (nSPS) is 17.9. The van der Waals surface area contributed by atoms with E-state index < -0.39 is 0 Å². The summed E-state index contributed by atoms with van der Waals surface area (Å²) in [6.07, 6.45) is 0. The van der Waals surface area contributed by atoms with E-state index in [4.69, 9.17) is 16.6 Å². The van der Waals surface area contributed by atoms with Gasteiger partial charge in [-0.25, -0.2) is 4.98 Å². The first kappa shape index (κ1) is 18.0. The minimum absolute atomic E-state index is 0.0788. The molecule has 1 amide bonds. The number of halogens is 1. The first-order valence-corrected chi connectivity index (χ1v) is 9.57. The van der Waals surface area contributed by atoms with E-state index >= 15 is 0 Å². The highest BCUT2D eigenvalue weighted by Gasteiger charge is 2.26. The number of nitrogens with one attached hydrogen (secondary N) is 1. The zero-order valence-corrected chi connectivity index (χ0v) is 16.3. The first-order chi connectivity index (χ1) is 13.0. The highest BCUT2D eigenvalue weighted by Crippen LogP contribution is 2.30. The molecule has 2 aromatic carbocycles. The number of aromatic nitrogens is 1. The van der Waals surface area contributed by atoms with Gasteiger partial charge in [0.2, 0.25) is 5.91 Å². The van der Waals surface area contributed by atoms with Crippen molar-refractivity contribution >= 4 is 28.4 Å². The van der Waals surface area contributed by atoms with Crippen molar-refractivity contribution in [2.24, 2.45) is 0 Å². The average molecular weight is 380 g/mol. The van der Waals surface area contributed by atoms with Crippen molar-refractivity contribution in [1.82, 2.24) is 15.2 Å². The van der Waals surface area contributed by atoms with E-state index in [1.807, 2.05) is 31.2 Å². The second kappa shape index (κ2) is 7.29. The maximum atomic E-state index is 12.1. The van der Waals surface area contributed by atoms with Crippen LogP contribution in [0.2, 0.25) is 5.02 Å². The maximum absolute atomic E-state index is 12.1. The van der Waals surface area contributed by atoms with Crippen LogP contribution in [0.4, 0.5) is 0 Å². The lowest BCUT2D eigenvalue weighted by atomic mass is 10.0. The summed E-state index contributed by atoms with van der Waals surface area (Å²) in [4.78, 5) is 19.3. The fraction of sp³-hybridized carbons (Fsp3) is 0.273. The molecule has 1 N–H and O–H groups in total. The van der Waals surface area contributed by atoms with Gasteiger partial charge in [-0.1, -0.05) is 41.9 Å². The molecule has 27 heavy (non-hydrogen) atoms. The number of piperazine rings is 1. The molecular weight excluding hydrogens is 358 g/mol. The molecule has 4 nitrogen and oxygen atoms in total. The van der Waals surface area contributed by atoms with Crippen molar-refractivity contribution in [2.75, 3.05) is 13.1 Å². The summed E-state index contributed by atoms with van der Waals surface area (Å²) in [5, 5.41) is 4.73. The largest absolute Gasteiger partial charge is 0.353 e. The van der Waals surface area contributed by atoms with E-state index in [2.05, 4.69) is 41.4 Å². The Morgan fingerprint density at radius 2 is 2.04 bits per heavy atom. The number of benzene rings is 2. The van der Waals surface area contributed by atoms with Crippen molar-refractivity contribution in [3.63, 3.8) is 0 Å². The second-order valence-electron chi connectivity index (χ2n) is 7.09. The fourth-order valence-electron chi connectivity index (χ4n) is 3.66. The van der Waals surface area contributed by atoms with Gasteiger partial charge in [-0.2, -0.15) is 0 Å². The van der Waals surface area contributed by atoms with E-state index in [0.29, 0.717) is 18.1 Å². The number of nitrogens with zero attached hydrogens (tertiary/aromatic N) is 2.